The molecule has 0 aliphatic carbocycles. The Hall–Kier alpha value is -3.81. The second kappa shape index (κ2) is 14.2. The van der Waals surface area contributed by atoms with Gasteiger partial charge in [-0.1, -0.05) is 11.3 Å². The molecule has 2 N–H and O–H groups in total. The summed E-state index contributed by atoms with van der Waals surface area (Å²) in [6, 6.07) is 4.79. The molecule has 41 heavy (non-hydrogen) atoms. The molecule has 0 aliphatic heterocycles. The Morgan fingerprint density at radius 3 is 2.54 bits per heavy atom. The molecule has 1 atom stereocenters. The number of aromatic nitrogens is 4. The van der Waals surface area contributed by atoms with Gasteiger partial charge >= 0.3 is 5.69 Å². The van der Waals surface area contributed by atoms with Gasteiger partial charge in [-0.25, -0.2) is 18.4 Å². The molecule has 224 valence electrons. The van der Waals surface area contributed by atoms with Crippen LogP contribution in [-0.2, 0) is 22.5 Å². The quantitative estimate of drug-likeness (QED) is 0.290. The van der Waals surface area contributed by atoms with E-state index in [9.17, 15) is 18.8 Å². The minimum absolute atomic E-state index is 0. The summed E-state index contributed by atoms with van der Waals surface area (Å²) >= 11 is 1.27. The van der Waals surface area contributed by atoms with Crippen LogP contribution in [0, 0.1) is 12.7 Å². The Morgan fingerprint density at radius 2 is 1.98 bits per heavy atom. The predicted molar refractivity (Wildman–Crippen MR) is 158 cm³/mol. The van der Waals surface area contributed by atoms with Crippen molar-refractivity contribution in [2.75, 3.05) is 27.4 Å². The number of rotatable bonds is 10. The monoisotopic (exact) mass is 591 g/mol. The van der Waals surface area contributed by atoms with E-state index in [4.69, 9.17) is 9.84 Å². The third-order valence-electron chi connectivity index (χ3n) is 6.27. The maximum Gasteiger partial charge on any atom is 0.332 e. The fourth-order valence-corrected chi connectivity index (χ4v) is 5.55. The Bertz CT molecular complexity index is 1600. The Kier molecular flexibility index (Phi) is 11.0. The van der Waals surface area contributed by atoms with Crippen molar-refractivity contribution in [1.29, 1.82) is 0 Å². The lowest BCUT2D eigenvalue weighted by Gasteiger charge is -2.19. The van der Waals surface area contributed by atoms with Crippen LogP contribution in [0.25, 0.3) is 15.2 Å². The number of carbonyl (C=O) groups excluding carboxylic acids is 1. The molecule has 0 saturated carbocycles. The molecule has 3 heterocycles. The van der Waals surface area contributed by atoms with Gasteiger partial charge < -0.3 is 19.9 Å². The standard InChI is InChI=1S/C25H28FN5O4S.C3H8O2.H2/c1-14(2)28-21(32)16(4)31-22(33)20-15(3)23(30-11-6-10-27-30)36-24(20)29(25(31)34)12-9-17-13-18(26)7-8-19(17)35-5;1-5-3-2-4;/h6-8,10-11,13-14,16H,9,12H2,1-5H3,(H,28,32);4H,2-3H2,1H3;1H/t16-;;/m0../s1. The number of nitrogens with zero attached hydrogens (tertiary/aromatic N) is 4. The first-order chi connectivity index (χ1) is 19.5. The maximum absolute atomic E-state index is 13.9. The summed E-state index contributed by atoms with van der Waals surface area (Å²) in [6.45, 7) is 7.65. The van der Waals surface area contributed by atoms with Crippen molar-refractivity contribution in [2.45, 2.75) is 52.7 Å². The first-order valence-electron chi connectivity index (χ1n) is 13.1. The van der Waals surface area contributed by atoms with Crippen molar-refractivity contribution in [3.8, 4) is 10.8 Å². The van der Waals surface area contributed by atoms with Gasteiger partial charge in [-0.3, -0.25) is 14.2 Å². The van der Waals surface area contributed by atoms with Gasteiger partial charge in [0.25, 0.3) is 5.56 Å². The van der Waals surface area contributed by atoms with E-state index in [1.165, 1.54) is 48.1 Å². The number of carbonyl (C=O) groups is 1. The number of hydrogen-bond acceptors (Lipinski definition) is 8. The zero-order valence-electron chi connectivity index (χ0n) is 24.0. The molecule has 0 radical (unpaired) electrons. The number of ether oxygens (including phenoxy) is 2. The summed E-state index contributed by atoms with van der Waals surface area (Å²) in [5, 5.41) is 16.0. The second-order valence-electron chi connectivity index (χ2n) is 9.53. The molecule has 11 nitrogen and oxygen atoms in total. The van der Waals surface area contributed by atoms with Gasteiger partial charge in [-0.15, -0.1) is 0 Å². The summed E-state index contributed by atoms with van der Waals surface area (Å²) in [5.74, 6) is -0.347. The van der Waals surface area contributed by atoms with Crippen molar-refractivity contribution in [3.63, 3.8) is 0 Å². The van der Waals surface area contributed by atoms with Crippen LogP contribution in [0.3, 0.4) is 0 Å². The largest absolute Gasteiger partial charge is 0.496 e. The number of nitrogens with one attached hydrogen (secondary N) is 1. The molecule has 13 heteroatoms. The molecular formula is C28H38FN5O6S. The van der Waals surface area contributed by atoms with Gasteiger partial charge in [0.15, 0.2) is 0 Å². The van der Waals surface area contributed by atoms with Crippen molar-refractivity contribution in [3.05, 3.63) is 74.4 Å². The molecule has 0 fully saturated rings. The molecule has 0 bridgehead atoms. The number of amides is 1. The molecule has 0 saturated heterocycles. The number of aryl methyl sites for hydroxylation is 3. The minimum atomic E-state index is -1.03. The number of hydrogen-bond donors (Lipinski definition) is 2. The summed E-state index contributed by atoms with van der Waals surface area (Å²) in [5.41, 5.74) is 0.100. The van der Waals surface area contributed by atoms with E-state index in [0.29, 0.717) is 38.7 Å². The second-order valence-corrected chi connectivity index (χ2v) is 10.5. The van der Waals surface area contributed by atoms with Crippen LogP contribution >= 0.6 is 11.3 Å². The summed E-state index contributed by atoms with van der Waals surface area (Å²) in [7, 11) is 3.05. The molecule has 4 aromatic rings. The van der Waals surface area contributed by atoms with Gasteiger partial charge in [-0.05, 0) is 63.9 Å². The van der Waals surface area contributed by atoms with Crippen LogP contribution in [0.15, 0.2) is 46.2 Å². The number of aliphatic hydroxyl groups excluding tert-OH is 1. The van der Waals surface area contributed by atoms with Crippen LogP contribution in [0.4, 0.5) is 4.39 Å². The highest BCUT2D eigenvalue weighted by Crippen LogP contribution is 2.31. The summed E-state index contributed by atoms with van der Waals surface area (Å²) in [6.07, 6.45) is 3.66. The molecule has 1 amide bonds. The Labute approximate surface area is 242 Å². The van der Waals surface area contributed by atoms with Crippen molar-refractivity contribution in [1.82, 2.24) is 24.2 Å². The van der Waals surface area contributed by atoms with E-state index >= 15 is 0 Å². The molecule has 3 aromatic heterocycles. The van der Waals surface area contributed by atoms with E-state index in [1.807, 2.05) is 0 Å². The van der Waals surface area contributed by atoms with E-state index in [-0.39, 0.29) is 27.0 Å². The Balaban J connectivity index is 0.000000947. The summed E-state index contributed by atoms with van der Waals surface area (Å²) < 4.78 is 27.9. The number of aliphatic hydroxyl groups is 1. The van der Waals surface area contributed by atoms with E-state index in [1.54, 1.807) is 51.0 Å². The average molecular weight is 592 g/mol. The average Bonchev–Trinajstić information content (AvgIpc) is 3.57. The smallest absolute Gasteiger partial charge is 0.332 e. The van der Waals surface area contributed by atoms with Gasteiger partial charge in [-0.2, -0.15) is 5.10 Å². The van der Waals surface area contributed by atoms with Crippen LogP contribution in [0.2, 0.25) is 0 Å². The highest BCUT2D eigenvalue weighted by molar-refractivity contribution is 7.21. The maximum atomic E-state index is 13.9. The van der Waals surface area contributed by atoms with Gasteiger partial charge in [0.2, 0.25) is 5.91 Å². The zero-order chi connectivity index (χ0) is 30.3. The topological polar surface area (TPSA) is 130 Å². The van der Waals surface area contributed by atoms with Crippen LogP contribution < -0.4 is 21.3 Å². The van der Waals surface area contributed by atoms with E-state index in [0.717, 1.165) is 4.57 Å². The SMILES string of the molecule is COCCO.COc1ccc(F)cc1CCn1c(=O)n([C@@H](C)C(=O)NC(C)C)c(=O)c2c(C)c(-n3cccn3)sc21.[HH]. The molecule has 1 aromatic carbocycles. The number of thiophene rings is 1. The molecular weight excluding hydrogens is 553 g/mol. The highest BCUT2D eigenvalue weighted by Gasteiger charge is 2.26. The lowest BCUT2D eigenvalue weighted by molar-refractivity contribution is -0.124. The fraction of sp³-hybridized carbons (Fsp3) is 0.429. The molecule has 0 spiro atoms. The normalized spacial score (nSPS) is 11.8. The Morgan fingerprint density at radius 1 is 1.24 bits per heavy atom. The van der Waals surface area contributed by atoms with Gasteiger partial charge in [0, 0.05) is 39.1 Å². The van der Waals surface area contributed by atoms with Gasteiger partial charge in [0.1, 0.15) is 27.4 Å². The minimum Gasteiger partial charge on any atom is -0.496 e. The van der Waals surface area contributed by atoms with Gasteiger partial charge in [0.05, 0.1) is 25.7 Å². The number of halogens is 1. The third-order valence-corrected chi connectivity index (χ3v) is 7.58. The first-order valence-corrected chi connectivity index (χ1v) is 13.9. The van der Waals surface area contributed by atoms with E-state index in [2.05, 4.69) is 15.2 Å². The first kappa shape index (κ1) is 31.7. The van der Waals surface area contributed by atoms with Crippen molar-refractivity contribution in [2.24, 2.45) is 0 Å². The highest BCUT2D eigenvalue weighted by atomic mass is 32.1. The van der Waals surface area contributed by atoms with Crippen LogP contribution in [0.1, 0.15) is 39.4 Å². The van der Waals surface area contributed by atoms with Crippen LogP contribution in [-0.4, -0.2) is 63.4 Å². The predicted octanol–water partition coefficient (Wildman–Crippen LogP) is 3.07. The molecule has 0 unspecified atom stereocenters. The fourth-order valence-electron chi connectivity index (χ4n) is 4.29. The third kappa shape index (κ3) is 7.10. The zero-order valence-corrected chi connectivity index (χ0v) is 24.8. The molecule has 0 aliphatic rings. The number of fused-ring (bicyclic) bond motifs is 1. The lowest BCUT2D eigenvalue weighted by atomic mass is 10.1. The molecule has 4 rings (SSSR count). The number of benzene rings is 1. The van der Waals surface area contributed by atoms with Crippen LogP contribution in [0.5, 0.6) is 5.75 Å². The lowest BCUT2D eigenvalue weighted by Crippen LogP contribution is -2.47. The number of methoxy groups -OCH3 is 2. The van der Waals surface area contributed by atoms with E-state index < -0.39 is 29.0 Å². The van der Waals surface area contributed by atoms with Crippen molar-refractivity contribution < 1.29 is 25.2 Å². The van der Waals surface area contributed by atoms with Crippen molar-refractivity contribution >= 4 is 27.5 Å². The summed E-state index contributed by atoms with van der Waals surface area (Å²) in [4.78, 5) is 40.6.